The monoisotopic (exact) mass is 291 g/mol. The largest absolute Gasteiger partial charge is 0.297 e. The highest BCUT2D eigenvalue weighted by molar-refractivity contribution is 6.88. The van der Waals surface area contributed by atoms with E-state index < -0.39 is 8.07 Å². The van der Waals surface area contributed by atoms with E-state index in [4.69, 9.17) is 0 Å². The van der Waals surface area contributed by atoms with Gasteiger partial charge in [0.05, 0.1) is 8.07 Å². The van der Waals surface area contributed by atoms with Crippen LogP contribution in [0.2, 0.25) is 19.6 Å². The minimum atomic E-state index is -1.16. The van der Waals surface area contributed by atoms with Crippen molar-refractivity contribution in [2.45, 2.75) is 72.3 Å². The molecular formula is C18H33NSi. The topological polar surface area (TPSA) is 3.24 Å². The van der Waals surface area contributed by atoms with Crippen molar-refractivity contribution in [3.05, 3.63) is 29.8 Å². The molecule has 0 aliphatic carbocycles. The van der Waals surface area contributed by atoms with E-state index in [0.717, 1.165) is 6.54 Å². The lowest BCUT2D eigenvalue weighted by Crippen LogP contribution is -2.37. The smallest absolute Gasteiger partial charge is 0.0775 e. The summed E-state index contributed by atoms with van der Waals surface area (Å²) in [4.78, 5) is 2.60. The van der Waals surface area contributed by atoms with Crippen LogP contribution in [0.4, 0.5) is 0 Å². The van der Waals surface area contributed by atoms with Crippen LogP contribution in [-0.4, -0.2) is 25.6 Å². The summed E-state index contributed by atoms with van der Waals surface area (Å²) in [5.41, 5.74) is 1.46. The van der Waals surface area contributed by atoms with Crippen LogP contribution in [0.15, 0.2) is 24.3 Å². The fourth-order valence-corrected chi connectivity index (χ4v) is 3.60. The number of nitrogens with zero attached hydrogens (tertiary/aromatic N) is 1. The van der Waals surface area contributed by atoms with E-state index in [1.807, 2.05) is 0 Å². The van der Waals surface area contributed by atoms with Gasteiger partial charge in [0.1, 0.15) is 0 Å². The minimum Gasteiger partial charge on any atom is -0.297 e. The first kappa shape index (κ1) is 17.4. The number of unbranched alkanes of at least 4 members (excludes halogenated alkanes) is 2. The zero-order chi connectivity index (χ0) is 15.2. The van der Waals surface area contributed by atoms with Crippen molar-refractivity contribution < 1.29 is 0 Å². The number of benzene rings is 1. The fraction of sp³-hybridized carbons (Fsp3) is 0.667. The lowest BCUT2D eigenvalue weighted by molar-refractivity contribution is 0.208. The van der Waals surface area contributed by atoms with E-state index in [-0.39, 0.29) is 0 Å². The maximum Gasteiger partial charge on any atom is 0.0775 e. The van der Waals surface area contributed by atoms with Crippen molar-refractivity contribution in [1.82, 2.24) is 4.90 Å². The van der Waals surface area contributed by atoms with Gasteiger partial charge in [-0.15, -0.1) is 0 Å². The van der Waals surface area contributed by atoms with Gasteiger partial charge < -0.3 is 0 Å². The van der Waals surface area contributed by atoms with E-state index >= 15 is 0 Å². The Kier molecular flexibility index (Phi) is 6.97. The Morgan fingerprint density at radius 2 is 1.60 bits per heavy atom. The molecule has 0 saturated carbocycles. The highest BCUT2D eigenvalue weighted by Gasteiger charge is 2.16. The van der Waals surface area contributed by atoms with Gasteiger partial charge in [-0.3, -0.25) is 4.90 Å². The number of hydrogen-bond donors (Lipinski definition) is 0. The summed E-state index contributed by atoms with van der Waals surface area (Å²) < 4.78 is 0. The second kappa shape index (κ2) is 7.99. The standard InChI is InChI=1S/C18H33NSi/c1-7-8-9-14-19(16(2)3)15-17-10-12-18(13-11-17)20(4,5)6/h10-13,16H,7-9,14-15H2,1-6H3. The molecule has 0 fully saturated rings. The van der Waals surface area contributed by atoms with Gasteiger partial charge in [-0.05, 0) is 32.4 Å². The van der Waals surface area contributed by atoms with Gasteiger partial charge in [0, 0.05) is 12.6 Å². The van der Waals surface area contributed by atoms with Crippen molar-refractivity contribution >= 4 is 13.3 Å². The summed E-state index contributed by atoms with van der Waals surface area (Å²) in [6.45, 7) is 16.4. The quantitative estimate of drug-likeness (QED) is 0.498. The zero-order valence-electron chi connectivity index (χ0n) is 14.4. The Morgan fingerprint density at radius 3 is 2.05 bits per heavy atom. The predicted molar refractivity (Wildman–Crippen MR) is 94.5 cm³/mol. The van der Waals surface area contributed by atoms with E-state index in [1.54, 1.807) is 5.19 Å². The Bertz CT molecular complexity index is 375. The third-order valence-corrected chi connectivity index (χ3v) is 6.05. The van der Waals surface area contributed by atoms with E-state index in [0.29, 0.717) is 6.04 Å². The SMILES string of the molecule is CCCCCN(Cc1ccc([Si](C)(C)C)cc1)C(C)C. The van der Waals surface area contributed by atoms with Crippen molar-refractivity contribution in [2.75, 3.05) is 6.54 Å². The van der Waals surface area contributed by atoms with Crippen LogP contribution in [0.1, 0.15) is 45.6 Å². The summed E-state index contributed by atoms with van der Waals surface area (Å²) in [5, 5.41) is 1.56. The molecule has 0 aromatic heterocycles. The third kappa shape index (κ3) is 5.80. The van der Waals surface area contributed by atoms with Gasteiger partial charge in [-0.25, -0.2) is 0 Å². The van der Waals surface area contributed by atoms with Gasteiger partial charge >= 0.3 is 0 Å². The molecule has 0 atom stereocenters. The average Bonchev–Trinajstić information content (AvgIpc) is 2.37. The fourth-order valence-electron chi connectivity index (χ4n) is 2.43. The zero-order valence-corrected chi connectivity index (χ0v) is 15.4. The Morgan fingerprint density at radius 1 is 1.00 bits per heavy atom. The highest BCUT2D eigenvalue weighted by Crippen LogP contribution is 2.11. The van der Waals surface area contributed by atoms with Gasteiger partial charge in [0.15, 0.2) is 0 Å². The first-order valence-corrected chi connectivity index (χ1v) is 11.7. The van der Waals surface area contributed by atoms with E-state index in [9.17, 15) is 0 Å². The molecule has 0 saturated heterocycles. The molecule has 114 valence electrons. The second-order valence-corrected chi connectivity index (χ2v) is 12.3. The molecule has 1 aromatic carbocycles. The molecule has 0 spiro atoms. The van der Waals surface area contributed by atoms with Crippen molar-refractivity contribution in [3.8, 4) is 0 Å². The van der Waals surface area contributed by atoms with Crippen molar-refractivity contribution in [2.24, 2.45) is 0 Å². The molecule has 1 nitrogen and oxygen atoms in total. The summed E-state index contributed by atoms with van der Waals surface area (Å²) in [6, 6.07) is 10.0. The first-order valence-electron chi connectivity index (χ1n) is 8.18. The van der Waals surface area contributed by atoms with Crippen molar-refractivity contribution in [3.63, 3.8) is 0 Å². The van der Waals surface area contributed by atoms with Crippen LogP contribution in [0.25, 0.3) is 0 Å². The molecule has 0 aliphatic heterocycles. The lowest BCUT2D eigenvalue weighted by atomic mass is 10.1. The second-order valence-electron chi connectivity index (χ2n) is 7.22. The van der Waals surface area contributed by atoms with E-state index in [2.05, 4.69) is 69.6 Å². The molecular weight excluding hydrogens is 258 g/mol. The minimum absolute atomic E-state index is 0.628. The van der Waals surface area contributed by atoms with Gasteiger partial charge in [0.2, 0.25) is 0 Å². The molecule has 0 amide bonds. The third-order valence-electron chi connectivity index (χ3n) is 3.98. The number of hydrogen-bond acceptors (Lipinski definition) is 1. The van der Waals surface area contributed by atoms with Gasteiger partial charge in [-0.2, -0.15) is 0 Å². The lowest BCUT2D eigenvalue weighted by Gasteiger charge is -2.27. The van der Waals surface area contributed by atoms with Crippen molar-refractivity contribution in [1.29, 1.82) is 0 Å². The van der Waals surface area contributed by atoms with Gasteiger partial charge in [0.25, 0.3) is 0 Å². The molecule has 1 rings (SSSR count). The van der Waals surface area contributed by atoms with Crippen LogP contribution < -0.4 is 5.19 Å². The van der Waals surface area contributed by atoms with E-state index in [1.165, 1.54) is 31.4 Å². The van der Waals surface area contributed by atoms with Gasteiger partial charge in [-0.1, -0.05) is 68.9 Å². The maximum atomic E-state index is 2.60. The van der Waals surface area contributed by atoms with Crippen LogP contribution in [0.5, 0.6) is 0 Å². The molecule has 0 unspecified atom stereocenters. The molecule has 0 radical (unpaired) electrons. The molecule has 0 N–H and O–H groups in total. The van der Waals surface area contributed by atoms with Crippen LogP contribution in [0, 0.1) is 0 Å². The molecule has 1 aromatic rings. The highest BCUT2D eigenvalue weighted by atomic mass is 28.3. The van der Waals surface area contributed by atoms with Crippen LogP contribution >= 0.6 is 0 Å². The van der Waals surface area contributed by atoms with Crippen LogP contribution in [-0.2, 0) is 6.54 Å². The molecule has 2 heteroatoms. The Hall–Kier alpha value is -0.603. The predicted octanol–water partition coefficient (Wildman–Crippen LogP) is 4.63. The molecule has 0 bridgehead atoms. The number of rotatable bonds is 8. The molecule has 0 heterocycles. The maximum absolute atomic E-state index is 2.60. The summed E-state index contributed by atoms with van der Waals surface area (Å²) in [5.74, 6) is 0. The summed E-state index contributed by atoms with van der Waals surface area (Å²) in [7, 11) is -1.16. The Balaban J connectivity index is 2.64. The van der Waals surface area contributed by atoms with Crippen LogP contribution in [0.3, 0.4) is 0 Å². The molecule has 0 aliphatic rings. The average molecular weight is 292 g/mol. The molecule has 20 heavy (non-hydrogen) atoms. The summed E-state index contributed by atoms with van der Waals surface area (Å²) >= 11 is 0. The normalized spacial score (nSPS) is 12.4. The first-order chi connectivity index (χ1) is 9.34. The Labute approximate surface area is 127 Å². The summed E-state index contributed by atoms with van der Waals surface area (Å²) in [6.07, 6.45) is 3.97.